The molecule has 3 aromatic rings. The number of nitrogens with zero attached hydrogens (tertiary/aromatic N) is 4. The fourth-order valence-electron chi connectivity index (χ4n) is 2.10. The third kappa shape index (κ3) is 1.83. The summed E-state index contributed by atoms with van der Waals surface area (Å²) in [5.41, 5.74) is 4.60. The number of pyridine rings is 1. The van der Waals surface area contributed by atoms with Gasteiger partial charge in [0.2, 0.25) is 0 Å². The average molecular weight is 253 g/mol. The lowest BCUT2D eigenvalue weighted by molar-refractivity contribution is 1.03. The third-order valence-corrected chi connectivity index (χ3v) is 3.21. The van der Waals surface area contributed by atoms with E-state index < -0.39 is 0 Å². The summed E-state index contributed by atoms with van der Waals surface area (Å²) in [6, 6.07) is 5.97. The Morgan fingerprint density at radius 2 is 1.89 bits per heavy atom. The molecule has 5 heteroatoms. The predicted octanol–water partition coefficient (Wildman–Crippen LogP) is 2.45. The first kappa shape index (κ1) is 11.6. The number of nitrogens with one attached hydrogen (secondary N) is 1. The van der Waals surface area contributed by atoms with E-state index in [2.05, 4.69) is 20.3 Å². The van der Waals surface area contributed by atoms with Crippen LogP contribution in [0.3, 0.4) is 0 Å². The highest BCUT2D eigenvalue weighted by Crippen LogP contribution is 2.25. The van der Waals surface area contributed by atoms with E-state index >= 15 is 0 Å². The Morgan fingerprint density at radius 1 is 1.11 bits per heavy atom. The fraction of sp³-hybridized carbons (Fsp3) is 0.214. The maximum absolute atomic E-state index is 4.67. The van der Waals surface area contributed by atoms with Crippen molar-refractivity contribution in [3.63, 3.8) is 0 Å². The first-order valence-corrected chi connectivity index (χ1v) is 6.16. The van der Waals surface area contributed by atoms with Gasteiger partial charge in [0.25, 0.3) is 0 Å². The van der Waals surface area contributed by atoms with Crippen LogP contribution in [-0.2, 0) is 0 Å². The van der Waals surface area contributed by atoms with Crippen LogP contribution in [0.15, 0.2) is 30.6 Å². The van der Waals surface area contributed by atoms with E-state index in [1.807, 2.05) is 49.7 Å². The molecule has 0 fully saturated rings. The van der Waals surface area contributed by atoms with Crippen LogP contribution in [0.4, 0.5) is 5.82 Å². The molecule has 96 valence electrons. The number of hydrogen-bond donors (Lipinski definition) is 1. The van der Waals surface area contributed by atoms with Gasteiger partial charge in [-0.3, -0.25) is 4.40 Å². The molecule has 0 aromatic carbocycles. The van der Waals surface area contributed by atoms with Crippen LogP contribution in [-0.4, -0.2) is 26.4 Å². The van der Waals surface area contributed by atoms with Crippen LogP contribution in [0, 0.1) is 13.8 Å². The van der Waals surface area contributed by atoms with E-state index in [0.717, 1.165) is 34.2 Å². The molecule has 3 rings (SSSR count). The monoisotopic (exact) mass is 253 g/mol. The molecule has 3 heterocycles. The molecule has 0 spiro atoms. The maximum Gasteiger partial charge on any atom is 0.154 e. The lowest BCUT2D eigenvalue weighted by atomic mass is 10.2. The molecule has 5 nitrogen and oxygen atoms in total. The van der Waals surface area contributed by atoms with Crippen LogP contribution < -0.4 is 5.32 Å². The topological polar surface area (TPSA) is 55.1 Å². The van der Waals surface area contributed by atoms with Crippen molar-refractivity contribution in [3.05, 3.63) is 42.0 Å². The van der Waals surface area contributed by atoms with E-state index in [-0.39, 0.29) is 0 Å². The zero-order valence-corrected chi connectivity index (χ0v) is 11.2. The summed E-state index contributed by atoms with van der Waals surface area (Å²) in [5, 5.41) is 3.11. The Balaban J connectivity index is 2.32. The van der Waals surface area contributed by atoms with Gasteiger partial charge in [-0.2, -0.15) is 0 Å². The molecule has 0 aliphatic carbocycles. The summed E-state index contributed by atoms with van der Waals surface area (Å²) < 4.78 is 2.01. The first-order chi connectivity index (χ1) is 9.20. The molecule has 0 radical (unpaired) electrons. The van der Waals surface area contributed by atoms with Gasteiger partial charge < -0.3 is 5.32 Å². The molecule has 0 aliphatic heterocycles. The normalized spacial score (nSPS) is 10.9. The molecule has 3 aromatic heterocycles. The molecule has 1 N–H and O–H groups in total. The second kappa shape index (κ2) is 4.35. The zero-order chi connectivity index (χ0) is 13.4. The Bertz CT molecular complexity index is 745. The van der Waals surface area contributed by atoms with Gasteiger partial charge in [0.15, 0.2) is 5.82 Å². The van der Waals surface area contributed by atoms with E-state index in [1.54, 1.807) is 6.20 Å². The van der Waals surface area contributed by atoms with Crippen molar-refractivity contribution >= 4 is 11.5 Å². The van der Waals surface area contributed by atoms with Gasteiger partial charge in [0.1, 0.15) is 11.3 Å². The maximum atomic E-state index is 4.67. The van der Waals surface area contributed by atoms with Gasteiger partial charge in [0.05, 0.1) is 17.1 Å². The Kier molecular flexibility index (Phi) is 2.67. The molecule has 0 atom stereocenters. The molecule has 0 bridgehead atoms. The SMILES string of the molecule is CNc1nc(C)c(C)nc1-c1cccc2nccn12. The van der Waals surface area contributed by atoms with E-state index in [4.69, 9.17) is 0 Å². The highest BCUT2D eigenvalue weighted by atomic mass is 15.0. The molecule has 0 saturated carbocycles. The Morgan fingerprint density at radius 3 is 2.68 bits per heavy atom. The quantitative estimate of drug-likeness (QED) is 0.762. The van der Waals surface area contributed by atoms with Crippen LogP contribution in [0.2, 0.25) is 0 Å². The highest BCUT2D eigenvalue weighted by Gasteiger charge is 2.13. The largest absolute Gasteiger partial charge is 0.371 e. The second-order valence-electron chi connectivity index (χ2n) is 4.41. The van der Waals surface area contributed by atoms with Crippen molar-refractivity contribution in [2.75, 3.05) is 12.4 Å². The summed E-state index contributed by atoms with van der Waals surface area (Å²) in [6.45, 7) is 3.93. The van der Waals surface area contributed by atoms with Crippen LogP contribution in [0.5, 0.6) is 0 Å². The fourth-order valence-corrected chi connectivity index (χ4v) is 2.10. The second-order valence-corrected chi connectivity index (χ2v) is 4.41. The van der Waals surface area contributed by atoms with Gasteiger partial charge in [-0.25, -0.2) is 15.0 Å². The molecular formula is C14H15N5. The van der Waals surface area contributed by atoms with Crippen LogP contribution >= 0.6 is 0 Å². The van der Waals surface area contributed by atoms with Gasteiger partial charge in [-0.1, -0.05) is 6.07 Å². The summed E-state index contributed by atoms with van der Waals surface area (Å²) >= 11 is 0. The minimum absolute atomic E-state index is 0.782. The number of aryl methyl sites for hydroxylation is 2. The number of aromatic nitrogens is 4. The summed E-state index contributed by atoms with van der Waals surface area (Å²) in [6.07, 6.45) is 3.72. The minimum Gasteiger partial charge on any atom is -0.371 e. The van der Waals surface area contributed by atoms with Crippen LogP contribution in [0.1, 0.15) is 11.4 Å². The summed E-state index contributed by atoms with van der Waals surface area (Å²) in [5.74, 6) is 0.782. The first-order valence-electron chi connectivity index (χ1n) is 6.16. The smallest absolute Gasteiger partial charge is 0.154 e. The molecule has 19 heavy (non-hydrogen) atoms. The number of hydrogen-bond acceptors (Lipinski definition) is 4. The molecule has 0 amide bonds. The van der Waals surface area contributed by atoms with Crippen LogP contribution in [0.25, 0.3) is 17.0 Å². The number of anilines is 1. The molecular weight excluding hydrogens is 238 g/mol. The van der Waals surface area contributed by atoms with E-state index in [1.165, 1.54) is 0 Å². The van der Waals surface area contributed by atoms with E-state index in [0.29, 0.717) is 0 Å². The lowest BCUT2D eigenvalue weighted by Crippen LogP contribution is -2.04. The van der Waals surface area contributed by atoms with Crippen molar-refractivity contribution in [3.8, 4) is 11.4 Å². The molecule has 0 saturated heterocycles. The van der Waals surface area contributed by atoms with Crippen molar-refractivity contribution in [2.45, 2.75) is 13.8 Å². The van der Waals surface area contributed by atoms with Gasteiger partial charge >= 0.3 is 0 Å². The zero-order valence-electron chi connectivity index (χ0n) is 11.2. The number of fused-ring (bicyclic) bond motifs is 1. The third-order valence-electron chi connectivity index (χ3n) is 3.21. The average Bonchev–Trinajstić information content (AvgIpc) is 2.89. The van der Waals surface area contributed by atoms with Crippen molar-refractivity contribution in [1.29, 1.82) is 0 Å². The van der Waals surface area contributed by atoms with Crippen molar-refractivity contribution < 1.29 is 0 Å². The van der Waals surface area contributed by atoms with Gasteiger partial charge in [-0.15, -0.1) is 0 Å². The summed E-state index contributed by atoms with van der Waals surface area (Å²) in [7, 11) is 1.86. The minimum atomic E-state index is 0.782. The van der Waals surface area contributed by atoms with Crippen molar-refractivity contribution in [1.82, 2.24) is 19.4 Å². The highest BCUT2D eigenvalue weighted by molar-refractivity contribution is 5.71. The van der Waals surface area contributed by atoms with Gasteiger partial charge in [-0.05, 0) is 26.0 Å². The lowest BCUT2D eigenvalue weighted by Gasteiger charge is -2.11. The number of imidazole rings is 1. The number of rotatable bonds is 2. The Labute approximate surface area is 111 Å². The predicted molar refractivity (Wildman–Crippen MR) is 75.2 cm³/mol. The summed E-state index contributed by atoms with van der Waals surface area (Å²) in [4.78, 5) is 13.5. The van der Waals surface area contributed by atoms with Gasteiger partial charge in [0, 0.05) is 19.4 Å². The van der Waals surface area contributed by atoms with E-state index in [9.17, 15) is 0 Å². The van der Waals surface area contributed by atoms with Crippen molar-refractivity contribution in [2.24, 2.45) is 0 Å². The molecule has 0 unspecified atom stereocenters. The molecule has 0 aliphatic rings. The standard InChI is InChI=1S/C14H15N5/c1-9-10(2)18-14(15-3)13(17-9)11-5-4-6-12-16-7-8-19(11)12/h4-8H,1-3H3,(H,15,18). The Hall–Kier alpha value is -2.43.